The topological polar surface area (TPSA) is 55.6 Å². The predicted octanol–water partition coefficient (Wildman–Crippen LogP) is 1.14. The SMILES string of the molecule is CC(N)C1CCCCN1CC1CC(F)(F)C(=O)O1. The van der Waals surface area contributed by atoms with Gasteiger partial charge < -0.3 is 10.5 Å². The van der Waals surface area contributed by atoms with Crippen LogP contribution < -0.4 is 5.73 Å². The van der Waals surface area contributed by atoms with E-state index in [0.29, 0.717) is 6.54 Å². The number of halogens is 2. The zero-order valence-corrected chi connectivity index (χ0v) is 10.6. The molecule has 2 heterocycles. The van der Waals surface area contributed by atoms with E-state index in [1.165, 1.54) is 0 Å². The second kappa shape index (κ2) is 5.09. The Morgan fingerprint density at radius 2 is 2.28 bits per heavy atom. The molecule has 3 unspecified atom stereocenters. The average molecular weight is 262 g/mol. The number of alkyl halides is 2. The van der Waals surface area contributed by atoms with Crippen molar-refractivity contribution in [2.75, 3.05) is 13.1 Å². The van der Waals surface area contributed by atoms with Gasteiger partial charge in [-0.1, -0.05) is 6.42 Å². The minimum atomic E-state index is -3.32. The summed E-state index contributed by atoms with van der Waals surface area (Å²) in [4.78, 5) is 13.0. The molecule has 18 heavy (non-hydrogen) atoms. The number of esters is 1. The summed E-state index contributed by atoms with van der Waals surface area (Å²) in [5.74, 6) is -4.70. The second-order valence-corrected chi connectivity index (χ2v) is 5.35. The molecular weight excluding hydrogens is 242 g/mol. The first-order chi connectivity index (χ1) is 8.40. The van der Waals surface area contributed by atoms with Crippen molar-refractivity contribution in [2.24, 2.45) is 5.73 Å². The Hall–Kier alpha value is -0.750. The summed E-state index contributed by atoms with van der Waals surface area (Å²) in [5.41, 5.74) is 5.91. The molecule has 0 aromatic rings. The van der Waals surface area contributed by atoms with Crippen molar-refractivity contribution < 1.29 is 18.3 Å². The van der Waals surface area contributed by atoms with Crippen LogP contribution in [-0.2, 0) is 9.53 Å². The standard InChI is InChI=1S/C12H20F2N2O2/c1-8(15)10-4-2-3-5-16(10)7-9-6-12(13,14)11(17)18-9/h8-10H,2-7,15H2,1H3. The number of hydrogen-bond donors (Lipinski definition) is 1. The maximum absolute atomic E-state index is 13.1. The zero-order chi connectivity index (χ0) is 13.3. The first kappa shape index (κ1) is 13.7. The van der Waals surface area contributed by atoms with E-state index in [2.05, 4.69) is 4.90 Å². The van der Waals surface area contributed by atoms with Crippen molar-refractivity contribution in [1.82, 2.24) is 4.90 Å². The van der Waals surface area contributed by atoms with Crippen LogP contribution >= 0.6 is 0 Å². The van der Waals surface area contributed by atoms with Gasteiger partial charge in [0.1, 0.15) is 6.10 Å². The smallest absolute Gasteiger partial charge is 0.377 e. The van der Waals surface area contributed by atoms with Gasteiger partial charge in [-0.25, -0.2) is 4.79 Å². The number of carbonyl (C=O) groups excluding carboxylic acids is 1. The van der Waals surface area contributed by atoms with Crippen LogP contribution in [0.4, 0.5) is 8.78 Å². The van der Waals surface area contributed by atoms with Crippen LogP contribution in [0.25, 0.3) is 0 Å². The monoisotopic (exact) mass is 262 g/mol. The van der Waals surface area contributed by atoms with Gasteiger partial charge in [-0.2, -0.15) is 8.78 Å². The summed E-state index contributed by atoms with van der Waals surface area (Å²) >= 11 is 0. The summed E-state index contributed by atoms with van der Waals surface area (Å²) < 4.78 is 30.9. The van der Waals surface area contributed by atoms with Crippen LogP contribution in [0.5, 0.6) is 0 Å². The van der Waals surface area contributed by atoms with Crippen LogP contribution in [0.3, 0.4) is 0 Å². The molecule has 2 aliphatic heterocycles. The zero-order valence-electron chi connectivity index (χ0n) is 10.6. The number of hydrogen-bond acceptors (Lipinski definition) is 4. The molecular formula is C12H20F2N2O2. The number of rotatable bonds is 3. The number of carbonyl (C=O) groups is 1. The third kappa shape index (κ3) is 2.80. The van der Waals surface area contributed by atoms with Gasteiger partial charge in [-0.3, -0.25) is 4.90 Å². The minimum Gasteiger partial charge on any atom is -0.456 e. The van der Waals surface area contributed by atoms with Crippen molar-refractivity contribution in [3.05, 3.63) is 0 Å². The van der Waals surface area contributed by atoms with Crippen LogP contribution in [-0.4, -0.2) is 48.1 Å². The molecule has 0 aromatic heterocycles. The van der Waals surface area contributed by atoms with E-state index in [1.54, 1.807) is 0 Å². The first-order valence-electron chi connectivity index (χ1n) is 6.48. The summed E-state index contributed by atoms with van der Waals surface area (Å²) in [6.07, 6.45) is 1.93. The number of nitrogens with two attached hydrogens (primary N) is 1. The molecule has 3 atom stereocenters. The van der Waals surface area contributed by atoms with Gasteiger partial charge in [-0.05, 0) is 26.3 Å². The fourth-order valence-electron chi connectivity index (χ4n) is 2.85. The molecule has 0 saturated carbocycles. The predicted molar refractivity (Wildman–Crippen MR) is 62.3 cm³/mol. The van der Waals surface area contributed by atoms with Crippen LogP contribution in [0.2, 0.25) is 0 Å². The van der Waals surface area contributed by atoms with Gasteiger partial charge in [0.2, 0.25) is 0 Å². The fraction of sp³-hybridized carbons (Fsp3) is 0.917. The van der Waals surface area contributed by atoms with E-state index in [4.69, 9.17) is 10.5 Å². The highest BCUT2D eigenvalue weighted by molar-refractivity contribution is 5.79. The normalized spacial score (nSPS) is 34.3. The molecule has 2 rings (SSSR count). The van der Waals surface area contributed by atoms with Gasteiger partial charge in [0, 0.05) is 18.6 Å². The van der Waals surface area contributed by atoms with Crippen LogP contribution in [0, 0.1) is 0 Å². The Morgan fingerprint density at radius 1 is 1.56 bits per heavy atom. The van der Waals surface area contributed by atoms with E-state index in [1.807, 2.05) is 6.92 Å². The molecule has 2 saturated heterocycles. The van der Waals surface area contributed by atoms with Gasteiger partial charge >= 0.3 is 11.9 Å². The molecule has 0 radical (unpaired) electrons. The Labute approximate surface area is 105 Å². The molecule has 0 spiro atoms. The van der Waals surface area contributed by atoms with E-state index in [9.17, 15) is 13.6 Å². The lowest BCUT2D eigenvalue weighted by Crippen LogP contribution is -2.51. The van der Waals surface area contributed by atoms with E-state index < -0.39 is 24.4 Å². The third-order valence-corrected chi connectivity index (χ3v) is 3.77. The molecule has 2 aliphatic rings. The molecule has 0 aromatic carbocycles. The maximum atomic E-state index is 13.1. The number of nitrogens with zero attached hydrogens (tertiary/aromatic N) is 1. The highest BCUT2D eigenvalue weighted by Crippen LogP contribution is 2.32. The Balaban J connectivity index is 1.94. The van der Waals surface area contributed by atoms with Crippen molar-refractivity contribution in [3.8, 4) is 0 Å². The van der Waals surface area contributed by atoms with Crippen molar-refractivity contribution in [2.45, 2.75) is 56.7 Å². The van der Waals surface area contributed by atoms with Gasteiger partial charge in [0.15, 0.2) is 0 Å². The molecule has 0 amide bonds. The highest BCUT2D eigenvalue weighted by atomic mass is 19.3. The molecule has 4 nitrogen and oxygen atoms in total. The Kier molecular flexibility index (Phi) is 3.87. The largest absolute Gasteiger partial charge is 0.456 e. The van der Waals surface area contributed by atoms with E-state index in [0.717, 1.165) is 25.8 Å². The summed E-state index contributed by atoms with van der Waals surface area (Å²) in [7, 11) is 0. The number of piperidine rings is 1. The number of likely N-dealkylation sites (tertiary alicyclic amines) is 1. The molecule has 0 bridgehead atoms. The van der Waals surface area contributed by atoms with Crippen molar-refractivity contribution in [1.29, 1.82) is 0 Å². The Bertz CT molecular complexity index is 323. The van der Waals surface area contributed by atoms with Crippen molar-refractivity contribution >= 4 is 5.97 Å². The summed E-state index contributed by atoms with van der Waals surface area (Å²) in [6.45, 7) is 3.14. The van der Waals surface area contributed by atoms with E-state index in [-0.39, 0.29) is 12.1 Å². The molecule has 0 aliphatic carbocycles. The minimum absolute atomic E-state index is 0.00270. The maximum Gasteiger partial charge on any atom is 0.377 e. The number of cyclic esters (lactones) is 1. The molecule has 104 valence electrons. The molecule has 6 heteroatoms. The molecule has 2 fully saturated rings. The molecule has 2 N–H and O–H groups in total. The number of ether oxygens (including phenoxy) is 1. The lowest BCUT2D eigenvalue weighted by atomic mass is 9.96. The van der Waals surface area contributed by atoms with Crippen LogP contribution in [0.1, 0.15) is 32.6 Å². The lowest BCUT2D eigenvalue weighted by Gasteiger charge is -2.38. The van der Waals surface area contributed by atoms with Gasteiger partial charge in [0.25, 0.3) is 0 Å². The lowest BCUT2D eigenvalue weighted by molar-refractivity contribution is -0.159. The van der Waals surface area contributed by atoms with E-state index >= 15 is 0 Å². The summed E-state index contributed by atoms with van der Waals surface area (Å²) in [6, 6.07) is 0.203. The van der Waals surface area contributed by atoms with Gasteiger partial charge in [-0.15, -0.1) is 0 Å². The highest BCUT2D eigenvalue weighted by Gasteiger charge is 2.51. The summed E-state index contributed by atoms with van der Waals surface area (Å²) in [5, 5.41) is 0. The second-order valence-electron chi connectivity index (χ2n) is 5.35. The first-order valence-corrected chi connectivity index (χ1v) is 6.48. The third-order valence-electron chi connectivity index (χ3n) is 3.77. The fourth-order valence-corrected chi connectivity index (χ4v) is 2.85. The van der Waals surface area contributed by atoms with Gasteiger partial charge in [0.05, 0.1) is 6.42 Å². The average Bonchev–Trinajstić information content (AvgIpc) is 2.52. The quantitative estimate of drug-likeness (QED) is 0.775. The Morgan fingerprint density at radius 3 is 2.83 bits per heavy atom. The van der Waals surface area contributed by atoms with Crippen molar-refractivity contribution in [3.63, 3.8) is 0 Å². The van der Waals surface area contributed by atoms with Crippen LogP contribution in [0.15, 0.2) is 0 Å².